The molecule has 3 atom stereocenters. The van der Waals surface area contributed by atoms with Crippen molar-refractivity contribution in [3.63, 3.8) is 0 Å². The fourth-order valence-corrected chi connectivity index (χ4v) is 2.89. The van der Waals surface area contributed by atoms with Gasteiger partial charge in [-0.1, -0.05) is 12.1 Å². The number of nitrogens with one attached hydrogen (secondary N) is 1. The second kappa shape index (κ2) is 8.28. The number of hydrogen-bond acceptors (Lipinski definition) is 9. The molecule has 0 bridgehead atoms. The minimum atomic E-state index is -3.55. The first-order chi connectivity index (χ1) is 11.2. The normalized spacial score (nSPS) is 18.5. The van der Waals surface area contributed by atoms with Gasteiger partial charge in [-0.3, -0.25) is 9.59 Å². The molecule has 1 aromatic carbocycles. The number of hydrogen-bond donors (Lipinski definition) is 6. The molecule has 0 aliphatic carbocycles. The summed E-state index contributed by atoms with van der Waals surface area (Å²) in [7, 11) is -3.55. The maximum atomic E-state index is 11.1. The fraction of sp³-hybridized carbons (Fsp3) is 0.385. The Morgan fingerprint density at radius 1 is 1.12 bits per heavy atom. The number of amides is 1. The molecule has 134 valence electrons. The number of carbonyl (C=O) groups is 2. The minimum Gasteiger partial charge on any atom is -0.394 e. The quantitative estimate of drug-likeness (QED) is 0.313. The van der Waals surface area contributed by atoms with Gasteiger partial charge < -0.3 is 25.5 Å². The van der Waals surface area contributed by atoms with Crippen LogP contribution in [0.3, 0.4) is 0 Å². The minimum absolute atomic E-state index is 0.0648. The summed E-state index contributed by atoms with van der Waals surface area (Å²) in [6.45, 7) is -1.69. The first-order valence-electron chi connectivity index (χ1n) is 6.60. The van der Waals surface area contributed by atoms with E-state index < -0.39 is 53.2 Å². The molecule has 6 N–H and O–H groups in total. The highest BCUT2D eigenvalue weighted by atomic mass is 32.2. The third kappa shape index (κ3) is 4.56. The van der Waals surface area contributed by atoms with E-state index in [2.05, 4.69) is 0 Å². The predicted octanol–water partition coefficient (Wildman–Crippen LogP) is -3.26. The Bertz CT molecular complexity index is 703. The summed E-state index contributed by atoms with van der Waals surface area (Å²) >= 11 is 0. The van der Waals surface area contributed by atoms with Crippen LogP contribution in [0.25, 0.3) is 0 Å². The third-order valence-corrected chi connectivity index (χ3v) is 4.43. The maximum Gasteiger partial charge on any atom is 0.266 e. The topological polar surface area (TPSA) is 181 Å². The Hall–Kier alpha value is -1.89. The first kappa shape index (κ1) is 20.2. The molecule has 0 unspecified atom stereocenters. The average Bonchev–Trinajstić information content (AvgIpc) is 2.82. The van der Waals surface area contributed by atoms with Crippen LogP contribution in [0.2, 0.25) is 0 Å². The number of carbonyl (C=O) groups excluding carboxylic acids is 2. The lowest BCUT2D eigenvalue weighted by Crippen LogP contribution is -2.44. The van der Waals surface area contributed by atoms with Gasteiger partial charge in [0.15, 0.2) is 5.78 Å². The SMILES string of the molecule is O=C(CO)[C@@H](O)[C@H](O)[C@H](O)CO.O=C1NS(=O)(=O)c2ccccc21. The summed E-state index contributed by atoms with van der Waals surface area (Å²) in [6, 6.07) is 6.09. The lowest BCUT2D eigenvalue weighted by atomic mass is 10.1. The van der Waals surface area contributed by atoms with Crippen molar-refractivity contribution in [1.82, 2.24) is 4.72 Å². The zero-order valence-corrected chi connectivity index (χ0v) is 13.0. The largest absolute Gasteiger partial charge is 0.394 e. The Morgan fingerprint density at radius 3 is 2.21 bits per heavy atom. The van der Waals surface area contributed by atoms with E-state index in [1.54, 1.807) is 12.1 Å². The highest BCUT2D eigenvalue weighted by Crippen LogP contribution is 2.20. The summed E-state index contributed by atoms with van der Waals surface area (Å²) < 4.78 is 24.2. The van der Waals surface area contributed by atoms with Crippen LogP contribution < -0.4 is 4.72 Å². The van der Waals surface area contributed by atoms with Crippen LogP contribution >= 0.6 is 0 Å². The number of aliphatic hydroxyl groups excluding tert-OH is 5. The van der Waals surface area contributed by atoms with Crippen LogP contribution in [-0.4, -0.2) is 77.2 Å². The summed E-state index contributed by atoms with van der Waals surface area (Å²) in [5.41, 5.74) is 0.220. The lowest BCUT2D eigenvalue weighted by Gasteiger charge is -2.19. The van der Waals surface area contributed by atoms with Gasteiger partial charge in [0, 0.05) is 0 Å². The standard InChI is InChI=1S/C7H5NO3S.C6H12O6/c9-7-5-3-1-2-4-6(5)12(10,11)8-7;7-1-3(9)5(11)6(12)4(10)2-8/h1-4H,(H,8,9);3,5-9,11-12H,1-2H2/t;3-,5-,6-/m.1/s1. The molecule has 0 aromatic heterocycles. The van der Waals surface area contributed by atoms with E-state index in [0.29, 0.717) is 0 Å². The van der Waals surface area contributed by atoms with Crippen molar-refractivity contribution in [2.75, 3.05) is 13.2 Å². The summed E-state index contributed by atoms with van der Waals surface area (Å²) in [6.07, 6.45) is -5.22. The van der Waals surface area contributed by atoms with Crippen LogP contribution in [0, 0.1) is 0 Å². The van der Waals surface area contributed by atoms with Crippen molar-refractivity contribution in [3.8, 4) is 0 Å². The van der Waals surface area contributed by atoms with Crippen molar-refractivity contribution in [1.29, 1.82) is 0 Å². The first-order valence-corrected chi connectivity index (χ1v) is 8.08. The molecular formula is C13H17NO9S. The van der Waals surface area contributed by atoms with Crippen molar-refractivity contribution in [2.24, 2.45) is 0 Å². The van der Waals surface area contributed by atoms with E-state index in [9.17, 15) is 18.0 Å². The summed E-state index contributed by atoms with van der Waals surface area (Å²) in [5.74, 6) is -1.55. The van der Waals surface area contributed by atoms with Gasteiger partial charge in [-0.2, -0.15) is 0 Å². The van der Waals surface area contributed by atoms with Crippen molar-refractivity contribution >= 4 is 21.7 Å². The van der Waals surface area contributed by atoms with E-state index in [0.717, 1.165) is 0 Å². The molecule has 0 spiro atoms. The van der Waals surface area contributed by atoms with Crippen LogP contribution in [0.1, 0.15) is 10.4 Å². The molecule has 1 aromatic rings. The Balaban J connectivity index is 0.000000240. The van der Waals surface area contributed by atoms with E-state index >= 15 is 0 Å². The molecule has 0 fully saturated rings. The molecule has 1 aliphatic rings. The van der Waals surface area contributed by atoms with Crippen molar-refractivity contribution in [2.45, 2.75) is 23.2 Å². The third-order valence-electron chi connectivity index (χ3n) is 3.04. The monoisotopic (exact) mass is 363 g/mol. The molecule has 0 saturated carbocycles. The van der Waals surface area contributed by atoms with Crippen LogP contribution in [0.15, 0.2) is 29.2 Å². The van der Waals surface area contributed by atoms with Gasteiger partial charge in [0.05, 0.1) is 12.2 Å². The van der Waals surface area contributed by atoms with Crippen molar-refractivity contribution in [3.05, 3.63) is 29.8 Å². The van der Waals surface area contributed by atoms with Crippen LogP contribution in [0.5, 0.6) is 0 Å². The number of ketones is 1. The zero-order valence-electron chi connectivity index (χ0n) is 12.2. The van der Waals surface area contributed by atoms with Gasteiger partial charge in [-0.25, -0.2) is 13.1 Å². The molecule has 11 heteroatoms. The second-order valence-electron chi connectivity index (χ2n) is 4.74. The van der Waals surface area contributed by atoms with Gasteiger partial charge in [0.25, 0.3) is 15.9 Å². The van der Waals surface area contributed by atoms with E-state index in [-0.39, 0.29) is 10.5 Å². The Labute approximate surface area is 137 Å². The van der Waals surface area contributed by atoms with Gasteiger partial charge in [-0.05, 0) is 12.1 Å². The summed E-state index contributed by atoms with van der Waals surface area (Å²) in [5, 5.41) is 43.1. The Morgan fingerprint density at radius 2 is 1.71 bits per heavy atom. The van der Waals surface area contributed by atoms with E-state index in [1.807, 2.05) is 4.72 Å². The van der Waals surface area contributed by atoms with Gasteiger partial charge in [0.2, 0.25) is 0 Å². The van der Waals surface area contributed by atoms with Crippen molar-refractivity contribution < 1.29 is 43.5 Å². The molecule has 0 radical (unpaired) electrons. The zero-order chi connectivity index (χ0) is 18.5. The van der Waals surface area contributed by atoms with E-state index in [1.165, 1.54) is 12.1 Å². The molecule has 2 rings (SSSR count). The molecule has 1 heterocycles. The highest BCUT2D eigenvalue weighted by molar-refractivity contribution is 7.90. The molecule has 1 aliphatic heterocycles. The molecule has 24 heavy (non-hydrogen) atoms. The fourth-order valence-electron chi connectivity index (χ4n) is 1.72. The van der Waals surface area contributed by atoms with Gasteiger partial charge in [0.1, 0.15) is 29.8 Å². The number of fused-ring (bicyclic) bond motifs is 1. The Kier molecular flexibility index (Phi) is 6.95. The van der Waals surface area contributed by atoms with Crippen LogP contribution in [0.4, 0.5) is 0 Å². The maximum absolute atomic E-state index is 11.1. The number of benzene rings is 1. The molecule has 10 nitrogen and oxygen atoms in total. The van der Waals surface area contributed by atoms with Gasteiger partial charge >= 0.3 is 0 Å². The molecule has 0 saturated heterocycles. The smallest absolute Gasteiger partial charge is 0.266 e. The molecular weight excluding hydrogens is 346 g/mol. The second-order valence-corrected chi connectivity index (χ2v) is 6.39. The van der Waals surface area contributed by atoms with Crippen LogP contribution in [-0.2, 0) is 14.8 Å². The number of Topliss-reactive ketones (excluding diaryl/α,β-unsaturated/α-hetero) is 1. The predicted molar refractivity (Wildman–Crippen MR) is 78.3 cm³/mol. The summed E-state index contributed by atoms with van der Waals surface area (Å²) in [4.78, 5) is 21.6. The highest BCUT2D eigenvalue weighted by Gasteiger charge is 2.31. The lowest BCUT2D eigenvalue weighted by molar-refractivity contribution is -0.142. The van der Waals surface area contributed by atoms with Gasteiger partial charge in [-0.15, -0.1) is 0 Å². The molecule has 1 amide bonds. The average molecular weight is 363 g/mol. The number of sulfonamides is 1. The van der Waals surface area contributed by atoms with E-state index in [4.69, 9.17) is 25.5 Å². The number of rotatable bonds is 5. The number of aliphatic hydroxyl groups is 5.